The van der Waals surface area contributed by atoms with Crippen LogP contribution in [0.4, 0.5) is 0 Å². The average Bonchev–Trinajstić information content (AvgIpc) is 1.91. The molecule has 7 heavy (non-hydrogen) atoms. The molecular formula is C5H8OS. The fourth-order valence-electron chi connectivity index (χ4n) is 0.633. The van der Waals surface area contributed by atoms with E-state index in [-0.39, 0.29) is 0 Å². The van der Waals surface area contributed by atoms with Gasteiger partial charge in [0.1, 0.15) is 5.78 Å². The van der Waals surface area contributed by atoms with E-state index >= 15 is 0 Å². The highest BCUT2D eigenvalue weighted by molar-refractivity contribution is 8.01. The Bertz CT molecular complexity index is 90.1. The normalized spacial score (nSPS) is 31.6. The molecule has 1 aliphatic rings. The highest BCUT2D eigenvalue weighted by Gasteiger charge is 2.19. The van der Waals surface area contributed by atoms with Crippen LogP contribution in [0.2, 0.25) is 0 Å². The fraction of sp³-hybridized carbons (Fsp3) is 0.800. The zero-order valence-corrected chi connectivity index (χ0v) is 5.12. The molecule has 2 heteroatoms. The Morgan fingerprint density at radius 2 is 2.57 bits per heavy atom. The van der Waals surface area contributed by atoms with Crippen LogP contribution >= 0.6 is 11.8 Å². The van der Waals surface area contributed by atoms with Crippen LogP contribution in [0.3, 0.4) is 0 Å². The van der Waals surface area contributed by atoms with E-state index in [2.05, 4.69) is 0 Å². The van der Waals surface area contributed by atoms with Crippen molar-refractivity contribution in [1.82, 2.24) is 0 Å². The van der Waals surface area contributed by atoms with Crippen molar-refractivity contribution in [3.8, 4) is 0 Å². The van der Waals surface area contributed by atoms with E-state index in [1.165, 1.54) is 0 Å². The molecule has 0 saturated carbocycles. The summed E-state index contributed by atoms with van der Waals surface area (Å²) >= 11 is 1.76. The molecule has 0 unspecified atom stereocenters. The summed E-state index contributed by atoms with van der Waals surface area (Å²) in [5, 5.41) is 0.292. The number of carbonyl (C=O) groups excluding carboxylic acids is 1. The molecule has 0 spiro atoms. The van der Waals surface area contributed by atoms with Gasteiger partial charge >= 0.3 is 0 Å². The molecule has 1 aliphatic heterocycles. The quantitative estimate of drug-likeness (QED) is 0.471. The smallest absolute Gasteiger partial charge is 0.146 e. The lowest BCUT2D eigenvalue weighted by Gasteiger charge is -1.90. The van der Waals surface area contributed by atoms with Gasteiger partial charge in [-0.1, -0.05) is 0 Å². The van der Waals surface area contributed by atoms with Crippen LogP contribution in [-0.2, 0) is 4.79 Å². The highest BCUT2D eigenvalue weighted by Crippen LogP contribution is 2.21. The molecule has 1 nitrogen and oxygen atoms in total. The van der Waals surface area contributed by atoms with Crippen LogP contribution in [0, 0.1) is 0 Å². The summed E-state index contributed by atoms with van der Waals surface area (Å²) in [6, 6.07) is 0. The molecule has 1 saturated heterocycles. The van der Waals surface area contributed by atoms with E-state index in [1.807, 2.05) is 6.92 Å². The third-order valence-electron chi connectivity index (χ3n) is 1.17. The first-order valence-electron chi connectivity index (χ1n) is 2.45. The maximum absolute atomic E-state index is 10.6. The molecule has 1 fully saturated rings. The first-order chi connectivity index (χ1) is 3.30. The highest BCUT2D eigenvalue weighted by atomic mass is 32.2. The molecule has 0 N–H and O–H groups in total. The standard InChI is InChI=1S/C5H8OS/c1-4-5(6)2-3-7-4/h4H,2-3H2,1H3/t4-/m0/s1. The van der Waals surface area contributed by atoms with Crippen molar-refractivity contribution >= 4 is 17.5 Å². The van der Waals surface area contributed by atoms with E-state index in [0.29, 0.717) is 11.0 Å². The molecule has 0 amide bonds. The van der Waals surface area contributed by atoms with Gasteiger partial charge in [-0.25, -0.2) is 0 Å². The molecule has 0 bridgehead atoms. The van der Waals surface area contributed by atoms with Crippen LogP contribution in [0.15, 0.2) is 0 Å². The Labute approximate surface area is 47.5 Å². The van der Waals surface area contributed by atoms with E-state index in [0.717, 1.165) is 12.2 Å². The predicted octanol–water partition coefficient (Wildman–Crippen LogP) is 1.08. The molecule has 40 valence electrons. The molecular weight excluding hydrogens is 108 g/mol. The lowest BCUT2D eigenvalue weighted by molar-refractivity contribution is -0.117. The minimum absolute atomic E-state index is 0.292. The van der Waals surface area contributed by atoms with Gasteiger partial charge in [-0.15, -0.1) is 0 Å². The van der Waals surface area contributed by atoms with Crippen molar-refractivity contribution in [2.24, 2.45) is 0 Å². The van der Waals surface area contributed by atoms with Crippen molar-refractivity contribution in [1.29, 1.82) is 0 Å². The van der Waals surface area contributed by atoms with Crippen molar-refractivity contribution in [3.63, 3.8) is 0 Å². The third kappa shape index (κ3) is 0.969. The maximum atomic E-state index is 10.6. The number of carbonyl (C=O) groups is 1. The first-order valence-corrected chi connectivity index (χ1v) is 3.50. The lowest BCUT2D eigenvalue weighted by atomic mass is 10.2. The molecule has 1 rings (SSSR count). The van der Waals surface area contributed by atoms with Crippen LogP contribution in [-0.4, -0.2) is 16.8 Å². The summed E-state index contributed by atoms with van der Waals surface area (Å²) in [7, 11) is 0. The van der Waals surface area contributed by atoms with E-state index in [1.54, 1.807) is 11.8 Å². The zero-order chi connectivity index (χ0) is 5.28. The van der Waals surface area contributed by atoms with Crippen molar-refractivity contribution in [2.45, 2.75) is 18.6 Å². The van der Waals surface area contributed by atoms with Gasteiger partial charge in [0.2, 0.25) is 0 Å². The van der Waals surface area contributed by atoms with Crippen LogP contribution in [0.1, 0.15) is 13.3 Å². The molecule has 0 radical (unpaired) electrons. The van der Waals surface area contributed by atoms with E-state index < -0.39 is 0 Å². The maximum Gasteiger partial charge on any atom is 0.146 e. The van der Waals surface area contributed by atoms with E-state index in [4.69, 9.17) is 0 Å². The van der Waals surface area contributed by atoms with Crippen LogP contribution in [0.5, 0.6) is 0 Å². The Balaban J connectivity index is 2.48. The van der Waals surface area contributed by atoms with Crippen molar-refractivity contribution < 1.29 is 4.79 Å². The number of rotatable bonds is 0. The van der Waals surface area contributed by atoms with Gasteiger partial charge in [0.15, 0.2) is 0 Å². The number of hydrogen-bond acceptors (Lipinski definition) is 2. The number of ketones is 1. The molecule has 1 atom stereocenters. The summed E-state index contributed by atoms with van der Waals surface area (Å²) in [5.41, 5.74) is 0. The molecule has 1 heterocycles. The Hall–Kier alpha value is 0.0200. The Kier molecular flexibility index (Phi) is 1.38. The van der Waals surface area contributed by atoms with Gasteiger partial charge < -0.3 is 0 Å². The Morgan fingerprint density at radius 3 is 2.71 bits per heavy atom. The van der Waals surface area contributed by atoms with Crippen LogP contribution in [0.25, 0.3) is 0 Å². The fourth-order valence-corrected chi connectivity index (χ4v) is 1.61. The zero-order valence-electron chi connectivity index (χ0n) is 4.31. The van der Waals surface area contributed by atoms with Crippen LogP contribution < -0.4 is 0 Å². The molecule has 0 aromatic carbocycles. The topological polar surface area (TPSA) is 17.1 Å². The van der Waals surface area contributed by atoms with Gasteiger partial charge in [-0.2, -0.15) is 11.8 Å². The summed E-state index contributed by atoms with van der Waals surface area (Å²) in [6.45, 7) is 1.97. The predicted molar refractivity (Wildman–Crippen MR) is 31.5 cm³/mol. The molecule has 0 aliphatic carbocycles. The van der Waals surface area contributed by atoms with Crippen molar-refractivity contribution in [3.05, 3.63) is 0 Å². The average molecular weight is 116 g/mol. The minimum Gasteiger partial charge on any atom is -0.298 e. The summed E-state index contributed by atoms with van der Waals surface area (Å²) in [6.07, 6.45) is 0.797. The summed E-state index contributed by atoms with van der Waals surface area (Å²) in [5.74, 6) is 1.46. The number of thioether (sulfide) groups is 1. The SMILES string of the molecule is C[C@@H]1SCCC1=O. The van der Waals surface area contributed by atoms with Gasteiger partial charge in [0.25, 0.3) is 0 Å². The minimum atomic E-state index is 0.292. The second-order valence-electron chi connectivity index (χ2n) is 1.73. The second-order valence-corrected chi connectivity index (χ2v) is 3.18. The third-order valence-corrected chi connectivity index (χ3v) is 2.37. The monoisotopic (exact) mass is 116 g/mol. The summed E-state index contributed by atoms with van der Waals surface area (Å²) < 4.78 is 0. The van der Waals surface area contributed by atoms with Gasteiger partial charge in [-0.05, 0) is 6.92 Å². The number of hydrogen-bond donors (Lipinski definition) is 0. The summed E-state index contributed by atoms with van der Waals surface area (Å²) in [4.78, 5) is 10.6. The van der Waals surface area contributed by atoms with E-state index in [9.17, 15) is 4.79 Å². The lowest BCUT2D eigenvalue weighted by Crippen LogP contribution is -2.03. The Morgan fingerprint density at radius 1 is 1.86 bits per heavy atom. The largest absolute Gasteiger partial charge is 0.298 e. The molecule has 0 aromatic rings. The van der Waals surface area contributed by atoms with Crippen molar-refractivity contribution in [2.75, 3.05) is 5.75 Å². The van der Waals surface area contributed by atoms with Gasteiger partial charge in [-0.3, -0.25) is 4.79 Å². The van der Waals surface area contributed by atoms with Gasteiger partial charge in [0, 0.05) is 12.2 Å². The van der Waals surface area contributed by atoms with Gasteiger partial charge in [0.05, 0.1) is 5.25 Å². The first kappa shape index (κ1) is 5.16. The second kappa shape index (κ2) is 1.86. The molecule has 0 aromatic heterocycles. The number of Topliss-reactive ketones (excluding diaryl/α,β-unsaturated/α-hetero) is 1.